The predicted octanol–water partition coefficient (Wildman–Crippen LogP) is 32.3. The Morgan fingerprint density at radius 3 is 0.819 bits per heavy atom. The molecule has 149 heavy (non-hydrogen) atoms. The fourth-order valence-corrected chi connectivity index (χ4v) is 23.7. The van der Waals surface area contributed by atoms with Crippen LogP contribution in [0.2, 0.25) is 0 Å². The number of hydrogen-bond acceptors (Lipinski definition) is 0. The fourth-order valence-electron chi connectivity index (χ4n) is 23.7. The molecule has 17 aromatic carbocycles. The Balaban J connectivity index is 0.000000113. The lowest BCUT2D eigenvalue weighted by atomic mass is 9.92. The van der Waals surface area contributed by atoms with Crippen LogP contribution in [0, 0.1) is 55.4 Å². The maximum absolute atomic E-state index is 2.56. The third-order valence-electron chi connectivity index (χ3n) is 30.4. The maximum Gasteiger partial charge on any atom is 0.312 e. The molecule has 0 unspecified atom stereocenters. The van der Waals surface area contributed by atoms with E-state index in [1.165, 1.54) is 223 Å². The molecule has 0 aliphatic carbocycles. The van der Waals surface area contributed by atoms with Crippen LogP contribution in [0.5, 0.6) is 0 Å². The summed E-state index contributed by atoms with van der Waals surface area (Å²) in [6.07, 6.45) is 0. The van der Waals surface area contributed by atoms with E-state index in [2.05, 4.69) is 611 Å². The van der Waals surface area contributed by atoms with Gasteiger partial charge in [0.25, 0.3) is 0 Å². The van der Waals surface area contributed by atoms with Gasteiger partial charge in [-0.1, -0.05) is 350 Å². The molecule has 0 bridgehead atoms. The average molecular weight is 1940 g/mol. The molecule has 0 saturated heterocycles. The third-order valence-corrected chi connectivity index (χ3v) is 30.4. The zero-order chi connectivity index (χ0) is 103. The number of rotatable bonds is 17. The van der Waals surface area contributed by atoms with Gasteiger partial charge in [-0.3, -0.25) is 0 Å². The molecule has 732 valence electrons. The van der Waals surface area contributed by atoms with Crippen LogP contribution in [0.4, 0.5) is 0 Å². The Hall–Kier alpha value is -17.5. The van der Waals surface area contributed by atoms with E-state index in [0.29, 0.717) is 17.8 Å². The molecule has 25 rings (SSSR count). The highest BCUT2D eigenvalue weighted by Gasteiger charge is 2.39. The van der Waals surface area contributed by atoms with Crippen LogP contribution in [0.15, 0.2) is 431 Å². The van der Waals surface area contributed by atoms with Crippen LogP contribution in [-0.4, -0.2) is 36.5 Å². The summed E-state index contributed by atoms with van der Waals surface area (Å²) in [7, 11) is 8.76. The molecule has 0 spiro atoms. The molecule has 0 aliphatic rings. The summed E-state index contributed by atoms with van der Waals surface area (Å²) in [6, 6.07) is 155. The minimum absolute atomic E-state index is 0.395. The Kier molecular flexibility index (Phi) is 26.0. The zero-order valence-corrected chi connectivity index (χ0v) is 88.6. The molecule has 0 fully saturated rings. The van der Waals surface area contributed by atoms with Crippen molar-refractivity contribution >= 4 is 76.8 Å². The summed E-state index contributed by atoms with van der Waals surface area (Å²) in [5.41, 5.74) is 46.9. The highest BCUT2D eigenvalue weighted by atomic mass is 15.2. The Labute approximate surface area is 874 Å². The first-order valence-electron chi connectivity index (χ1n) is 52.3. The monoisotopic (exact) mass is 1940 g/mol. The summed E-state index contributed by atoms with van der Waals surface area (Å²) in [5, 5.41) is 3.86. The minimum Gasteiger partial charge on any atom is -0.306 e. The van der Waals surface area contributed by atoms with Crippen molar-refractivity contribution in [2.75, 3.05) is 0 Å². The van der Waals surface area contributed by atoms with Crippen molar-refractivity contribution in [1.29, 1.82) is 0 Å². The van der Waals surface area contributed by atoms with Crippen LogP contribution < -0.4 is 18.3 Å². The summed E-state index contributed by atoms with van der Waals surface area (Å²) in [4.78, 5) is 0. The summed E-state index contributed by atoms with van der Waals surface area (Å²) in [5.74, 6) is 5.87. The Morgan fingerprint density at radius 2 is 0.470 bits per heavy atom. The molecular weight excluding hydrogens is 1810 g/mol. The SMILES string of the molecule is Cc1c(-c2n(-c3ccccc3)c3ccccc3[n+]2C)n(-c2c(C(C)C)cccc2C(C)C)c2ccccc12.Cc1c(-c2n(-c3ccccc3)c3ccccc3[n+]2C)n(-c2ccccc2C(C)C)c2ccccc12.Cc1cc(C)c(-n2c(-c3n(-c4ccccc4)c4ccccc4[n+]3C)c(C)c3ccccc32)c(C)c1.Cc1cc(C)n(-c2c(-c3ccccc3)cccc2-c2ccccc2)c1-c1n(-c2ccccc2)c2ccccc2[n+]1C. The van der Waals surface area contributed by atoms with Crippen LogP contribution >= 0.6 is 0 Å². The lowest BCUT2D eigenvalue weighted by molar-refractivity contribution is -0.634. The summed E-state index contributed by atoms with van der Waals surface area (Å²) >= 11 is 0. The molecule has 12 nitrogen and oxygen atoms in total. The van der Waals surface area contributed by atoms with Crippen molar-refractivity contribution < 1.29 is 18.3 Å². The van der Waals surface area contributed by atoms with E-state index >= 15 is 0 Å². The zero-order valence-electron chi connectivity index (χ0n) is 88.6. The largest absolute Gasteiger partial charge is 0.312 e. The number of aromatic nitrogens is 12. The quantitative estimate of drug-likeness (QED) is 0.0816. The van der Waals surface area contributed by atoms with E-state index in [1.807, 2.05) is 0 Å². The van der Waals surface area contributed by atoms with Crippen molar-refractivity contribution in [3.8, 4) is 114 Å². The van der Waals surface area contributed by atoms with E-state index in [-0.39, 0.29) is 0 Å². The number of fused-ring (bicyclic) bond motifs is 7. The van der Waals surface area contributed by atoms with Gasteiger partial charge in [0.1, 0.15) is 45.5 Å². The minimum atomic E-state index is 0.395. The molecule has 0 N–H and O–H groups in total. The molecule has 0 aliphatic heterocycles. The van der Waals surface area contributed by atoms with Crippen molar-refractivity contribution in [2.45, 2.75) is 115 Å². The van der Waals surface area contributed by atoms with Gasteiger partial charge in [0.05, 0.1) is 61.8 Å². The lowest BCUT2D eigenvalue weighted by Crippen LogP contribution is -2.31. The van der Waals surface area contributed by atoms with Gasteiger partial charge >= 0.3 is 23.3 Å². The van der Waals surface area contributed by atoms with Gasteiger partial charge in [0.15, 0.2) is 44.1 Å². The molecule has 0 atom stereocenters. The number of benzene rings is 17. The van der Waals surface area contributed by atoms with Gasteiger partial charge in [0.2, 0.25) is 0 Å². The first-order valence-corrected chi connectivity index (χ1v) is 52.3. The van der Waals surface area contributed by atoms with Gasteiger partial charge in [-0.05, 0) is 262 Å². The summed E-state index contributed by atoms with van der Waals surface area (Å²) in [6.45, 7) is 31.7. The standard InChI is InChI=1S/C38H32N3.C35H36N3.2C32H30N3/c1-27-26-28(2)40(36(27)38-39(3)34-24-13-14-25-35(34)41(38)31-20-11-6-12-21-31)37-32(29-16-7-4-8-17-29)22-15-23-33(37)30-18-9-5-10-19-30;1-23(2)27-18-14-19-28(24(3)4)34(27)38-30-20-11-10-17-29(30)25(5)33(38)35-36(6)31-21-12-13-22-32(31)37(35)26-15-8-7-9-16-26;1-21-19-22(2)30(23(3)20-21)35-27-16-10-9-15-26(27)24(4)31(35)32-33(5)28-17-11-12-18-29(28)34(32)25-13-7-6-8-14-25;1-22(2)25-16-8-10-18-27(25)35-28-19-11-9-17-26(28)23(3)31(35)32-33(4)29-20-12-13-21-30(29)34(32)24-14-6-5-7-15-24/h4-26H,1-3H3;7-24H,1-6H3;6-20H,1-5H3;5-22H,1-4H3/q4*+1. The van der Waals surface area contributed by atoms with E-state index in [1.54, 1.807) is 0 Å². The molecule has 0 radical (unpaired) electrons. The van der Waals surface area contributed by atoms with Gasteiger partial charge in [0, 0.05) is 38.7 Å². The average Bonchev–Trinajstić information content (AvgIpc) is 1.57. The molecule has 0 amide bonds. The first kappa shape index (κ1) is 96.3. The fraction of sp³-hybridized carbons (Fsp3) is 0.153. The van der Waals surface area contributed by atoms with E-state index < -0.39 is 0 Å². The predicted molar refractivity (Wildman–Crippen MR) is 620 cm³/mol. The number of hydrogen-bond donors (Lipinski definition) is 0. The molecule has 0 saturated carbocycles. The van der Waals surface area contributed by atoms with E-state index in [4.69, 9.17) is 0 Å². The normalized spacial score (nSPS) is 11.6. The number of para-hydroxylation sites is 18. The topological polar surface area (TPSA) is 55.0 Å². The van der Waals surface area contributed by atoms with Crippen molar-refractivity contribution in [3.63, 3.8) is 0 Å². The van der Waals surface area contributed by atoms with Gasteiger partial charge in [-0.15, -0.1) is 0 Å². The molecular formula is C137H128N12+4. The van der Waals surface area contributed by atoms with Crippen LogP contribution in [-0.2, 0) is 28.2 Å². The van der Waals surface area contributed by atoms with Gasteiger partial charge in [-0.2, -0.15) is 18.3 Å². The molecule has 12 heteroatoms. The van der Waals surface area contributed by atoms with Crippen LogP contribution in [0.25, 0.3) is 191 Å². The highest BCUT2D eigenvalue weighted by molar-refractivity contribution is 5.98. The first-order chi connectivity index (χ1) is 72.6. The van der Waals surface area contributed by atoms with Crippen molar-refractivity contribution in [3.05, 3.63) is 492 Å². The number of nitrogens with zero attached hydrogens (tertiary/aromatic N) is 12. The maximum atomic E-state index is 2.56. The van der Waals surface area contributed by atoms with Gasteiger partial charge in [-0.25, -0.2) is 18.3 Å². The second-order valence-electron chi connectivity index (χ2n) is 40.8. The van der Waals surface area contributed by atoms with Crippen LogP contribution in [0.1, 0.15) is 121 Å². The molecule has 8 aromatic heterocycles. The number of imidazole rings is 4. The highest BCUT2D eigenvalue weighted by Crippen LogP contribution is 2.48. The molecule has 8 heterocycles. The smallest absolute Gasteiger partial charge is 0.306 e. The number of aryl methyl sites for hydroxylation is 12. The van der Waals surface area contributed by atoms with E-state index in [9.17, 15) is 0 Å². The Bertz CT molecular complexity index is 9240. The third kappa shape index (κ3) is 16.8. The Morgan fingerprint density at radius 1 is 0.201 bits per heavy atom. The second-order valence-corrected chi connectivity index (χ2v) is 40.8. The molecule has 25 aromatic rings. The van der Waals surface area contributed by atoms with Gasteiger partial charge < -0.3 is 18.3 Å². The summed E-state index contributed by atoms with van der Waals surface area (Å²) < 4.78 is 29.1. The van der Waals surface area contributed by atoms with Crippen LogP contribution in [0.3, 0.4) is 0 Å². The lowest BCUT2D eigenvalue weighted by Gasteiger charge is -2.23. The second kappa shape index (κ2) is 40.2. The van der Waals surface area contributed by atoms with Crippen molar-refractivity contribution in [1.82, 2.24) is 36.5 Å². The van der Waals surface area contributed by atoms with E-state index in [0.717, 1.165) is 28.6 Å². The van der Waals surface area contributed by atoms with Crippen molar-refractivity contribution in [2.24, 2.45) is 28.2 Å².